The zero-order valence-electron chi connectivity index (χ0n) is 7.53. The van der Waals surface area contributed by atoms with Gasteiger partial charge in [0.2, 0.25) is 0 Å². The summed E-state index contributed by atoms with van der Waals surface area (Å²) in [5, 5.41) is 7.12. The first-order valence-electron chi connectivity index (χ1n) is 3.77. The van der Waals surface area contributed by atoms with E-state index in [1.807, 2.05) is 12.1 Å². The average Bonchev–Trinajstić information content (AvgIpc) is 2.18. The summed E-state index contributed by atoms with van der Waals surface area (Å²) in [4.78, 5) is 12.8. The lowest BCUT2D eigenvalue weighted by atomic mass is 10.3. The Morgan fingerprint density at radius 1 is 1.53 bits per heavy atom. The number of nitrogens with two attached hydrogens (primary N) is 1. The molecule has 1 heterocycles. The number of carboxylic acid groups (broad SMARTS) is 1. The number of nitrogens with zero attached hydrogens (tertiary/aromatic N) is 1. The first-order chi connectivity index (χ1) is 6.88. The number of hydrogen-bond acceptors (Lipinski definition) is 3. The molecular weight excluding hydrogens is 213 g/mol. The van der Waals surface area contributed by atoms with Crippen molar-refractivity contribution in [2.75, 3.05) is 0 Å². The van der Waals surface area contributed by atoms with Crippen LogP contribution in [0.2, 0.25) is 0 Å². The van der Waals surface area contributed by atoms with E-state index in [0.29, 0.717) is 6.54 Å². The van der Waals surface area contributed by atoms with Crippen LogP contribution >= 0.6 is 0 Å². The number of aromatic nitrogens is 1. The largest absolute Gasteiger partial charge is 0.490 e. The van der Waals surface area contributed by atoms with Gasteiger partial charge >= 0.3 is 12.1 Å². The molecule has 0 saturated carbocycles. The number of halogens is 3. The number of carboxylic acids is 1. The molecule has 0 aliphatic carbocycles. The number of hydrogen-bond donors (Lipinski definition) is 2. The van der Waals surface area contributed by atoms with Crippen LogP contribution in [0.4, 0.5) is 13.2 Å². The minimum atomic E-state index is -5.08. The van der Waals surface area contributed by atoms with E-state index in [1.165, 1.54) is 0 Å². The van der Waals surface area contributed by atoms with E-state index in [1.54, 1.807) is 12.4 Å². The second-order valence-corrected chi connectivity index (χ2v) is 2.37. The molecule has 0 aliphatic rings. The van der Waals surface area contributed by atoms with Gasteiger partial charge in [0.1, 0.15) is 0 Å². The maximum absolute atomic E-state index is 10.6. The van der Waals surface area contributed by atoms with E-state index < -0.39 is 12.1 Å². The van der Waals surface area contributed by atoms with Gasteiger partial charge in [0.05, 0.1) is 0 Å². The average molecular weight is 222 g/mol. The molecule has 0 atom stereocenters. The molecule has 0 unspecified atom stereocenters. The third kappa shape index (κ3) is 6.44. The van der Waals surface area contributed by atoms with Crippen molar-refractivity contribution in [3.05, 3.63) is 30.1 Å². The topological polar surface area (TPSA) is 76.2 Å². The van der Waals surface area contributed by atoms with Gasteiger partial charge in [-0.2, -0.15) is 13.2 Å². The molecule has 0 radical (unpaired) electrons. The Morgan fingerprint density at radius 2 is 2.07 bits per heavy atom. The predicted molar refractivity (Wildman–Crippen MR) is 45.8 cm³/mol. The molecular formula is C8H9F3N2O2. The summed E-state index contributed by atoms with van der Waals surface area (Å²) in [6.07, 6.45) is -1.58. The number of alkyl halides is 3. The molecule has 7 heteroatoms. The Hall–Kier alpha value is -1.63. The number of pyridine rings is 1. The molecule has 0 aromatic carbocycles. The summed E-state index contributed by atoms with van der Waals surface area (Å²) in [7, 11) is 0. The maximum atomic E-state index is 10.6. The highest BCUT2D eigenvalue weighted by atomic mass is 19.4. The van der Waals surface area contributed by atoms with Gasteiger partial charge in [-0.05, 0) is 11.6 Å². The van der Waals surface area contributed by atoms with Crippen molar-refractivity contribution < 1.29 is 23.1 Å². The van der Waals surface area contributed by atoms with Crippen LogP contribution in [0.1, 0.15) is 5.56 Å². The fourth-order valence-corrected chi connectivity index (χ4v) is 0.519. The number of rotatable bonds is 1. The molecule has 1 aromatic rings. The van der Waals surface area contributed by atoms with E-state index in [4.69, 9.17) is 15.6 Å². The third-order valence-corrected chi connectivity index (χ3v) is 1.20. The Kier molecular flexibility index (Phi) is 5.32. The highest BCUT2D eigenvalue weighted by Gasteiger charge is 2.38. The molecule has 15 heavy (non-hydrogen) atoms. The van der Waals surface area contributed by atoms with Crippen LogP contribution in [0.25, 0.3) is 0 Å². The SMILES string of the molecule is NCc1cccnc1.O=C(O)C(F)(F)F. The molecule has 0 saturated heterocycles. The van der Waals surface area contributed by atoms with Crippen LogP contribution in [-0.2, 0) is 11.3 Å². The normalized spacial score (nSPS) is 10.1. The van der Waals surface area contributed by atoms with Gasteiger partial charge in [-0.3, -0.25) is 4.98 Å². The number of carbonyl (C=O) groups is 1. The minimum Gasteiger partial charge on any atom is -0.475 e. The van der Waals surface area contributed by atoms with Crippen molar-refractivity contribution in [2.24, 2.45) is 5.73 Å². The Labute approximate surface area is 83.5 Å². The molecule has 0 bridgehead atoms. The van der Waals surface area contributed by atoms with E-state index >= 15 is 0 Å². The van der Waals surface area contributed by atoms with Gasteiger partial charge in [-0.25, -0.2) is 4.79 Å². The lowest BCUT2D eigenvalue weighted by Gasteiger charge is -1.93. The van der Waals surface area contributed by atoms with Crippen LogP contribution < -0.4 is 5.73 Å². The molecule has 1 aromatic heterocycles. The summed E-state index contributed by atoms with van der Waals surface area (Å²) >= 11 is 0. The van der Waals surface area contributed by atoms with E-state index in [-0.39, 0.29) is 0 Å². The molecule has 0 fully saturated rings. The van der Waals surface area contributed by atoms with Crippen molar-refractivity contribution in [1.82, 2.24) is 4.98 Å². The first kappa shape index (κ1) is 13.4. The Bertz CT molecular complexity index is 301. The second kappa shape index (κ2) is 5.97. The highest BCUT2D eigenvalue weighted by Crippen LogP contribution is 2.13. The summed E-state index contributed by atoms with van der Waals surface area (Å²) < 4.78 is 31.7. The van der Waals surface area contributed by atoms with Crippen LogP contribution in [0, 0.1) is 0 Å². The molecule has 0 aliphatic heterocycles. The summed E-state index contributed by atoms with van der Waals surface area (Å²) in [5.41, 5.74) is 6.39. The van der Waals surface area contributed by atoms with E-state index in [0.717, 1.165) is 5.56 Å². The van der Waals surface area contributed by atoms with Crippen molar-refractivity contribution in [3.8, 4) is 0 Å². The van der Waals surface area contributed by atoms with Crippen molar-refractivity contribution >= 4 is 5.97 Å². The smallest absolute Gasteiger partial charge is 0.475 e. The molecule has 0 amide bonds. The lowest BCUT2D eigenvalue weighted by Crippen LogP contribution is -2.21. The Balaban J connectivity index is 0.000000265. The monoisotopic (exact) mass is 222 g/mol. The maximum Gasteiger partial charge on any atom is 0.490 e. The molecule has 4 nitrogen and oxygen atoms in total. The van der Waals surface area contributed by atoms with Crippen molar-refractivity contribution in [1.29, 1.82) is 0 Å². The van der Waals surface area contributed by atoms with Gasteiger partial charge in [0.25, 0.3) is 0 Å². The third-order valence-electron chi connectivity index (χ3n) is 1.20. The predicted octanol–water partition coefficient (Wildman–Crippen LogP) is 1.17. The Morgan fingerprint density at radius 3 is 2.27 bits per heavy atom. The quantitative estimate of drug-likeness (QED) is 0.747. The molecule has 3 N–H and O–H groups in total. The summed E-state index contributed by atoms with van der Waals surface area (Å²) in [5.74, 6) is -2.76. The lowest BCUT2D eigenvalue weighted by molar-refractivity contribution is -0.192. The zero-order chi connectivity index (χ0) is 11.9. The van der Waals surface area contributed by atoms with Crippen molar-refractivity contribution in [2.45, 2.75) is 12.7 Å². The number of aliphatic carboxylic acids is 1. The molecule has 0 spiro atoms. The highest BCUT2D eigenvalue weighted by molar-refractivity contribution is 5.73. The van der Waals surface area contributed by atoms with E-state index in [9.17, 15) is 13.2 Å². The van der Waals surface area contributed by atoms with Crippen LogP contribution in [-0.4, -0.2) is 22.2 Å². The van der Waals surface area contributed by atoms with Gasteiger partial charge in [-0.15, -0.1) is 0 Å². The second-order valence-electron chi connectivity index (χ2n) is 2.37. The van der Waals surface area contributed by atoms with Gasteiger partial charge in [0, 0.05) is 18.9 Å². The fraction of sp³-hybridized carbons (Fsp3) is 0.250. The molecule has 1 rings (SSSR count). The van der Waals surface area contributed by atoms with Crippen LogP contribution in [0.5, 0.6) is 0 Å². The standard InChI is InChI=1S/C6H8N2.C2HF3O2/c7-4-6-2-1-3-8-5-6;3-2(4,5)1(6)7/h1-3,5H,4,7H2;(H,6,7). The van der Waals surface area contributed by atoms with Crippen LogP contribution in [0.15, 0.2) is 24.5 Å². The first-order valence-corrected chi connectivity index (χ1v) is 3.77. The van der Waals surface area contributed by atoms with E-state index in [2.05, 4.69) is 4.98 Å². The molecule has 84 valence electrons. The zero-order valence-corrected chi connectivity index (χ0v) is 7.53. The van der Waals surface area contributed by atoms with Gasteiger partial charge < -0.3 is 10.8 Å². The van der Waals surface area contributed by atoms with Gasteiger partial charge in [-0.1, -0.05) is 6.07 Å². The summed E-state index contributed by atoms with van der Waals surface area (Å²) in [6, 6.07) is 3.83. The fourth-order valence-electron chi connectivity index (χ4n) is 0.519. The van der Waals surface area contributed by atoms with Crippen LogP contribution in [0.3, 0.4) is 0 Å². The minimum absolute atomic E-state index is 0.577. The summed E-state index contributed by atoms with van der Waals surface area (Å²) in [6.45, 7) is 0.577. The van der Waals surface area contributed by atoms with Gasteiger partial charge in [0.15, 0.2) is 0 Å². The van der Waals surface area contributed by atoms with Crippen molar-refractivity contribution in [3.63, 3.8) is 0 Å².